The smallest absolute Gasteiger partial charge is 0.309 e. The number of hydrogen-bond donors (Lipinski definition) is 4. The van der Waals surface area contributed by atoms with Crippen LogP contribution in [0.1, 0.15) is 22.4 Å². The number of aryl methyl sites for hydroxylation is 1. The van der Waals surface area contributed by atoms with Crippen molar-refractivity contribution < 1.29 is 31.5 Å². The second-order valence-electron chi connectivity index (χ2n) is 9.72. The first-order valence-corrected chi connectivity index (χ1v) is 15.4. The van der Waals surface area contributed by atoms with E-state index in [2.05, 4.69) is 42.9 Å². The lowest BCUT2D eigenvalue weighted by atomic mass is 10.00. The zero-order valence-electron chi connectivity index (χ0n) is 22.5. The van der Waals surface area contributed by atoms with Crippen LogP contribution in [0.5, 0.6) is 0 Å². The monoisotopic (exact) mass is 710 g/mol. The Kier molecular flexibility index (Phi) is 10.6. The first-order chi connectivity index (χ1) is 20.0. The number of aliphatic hydroxyl groups excluding tert-OH is 1. The molecule has 0 radical (unpaired) electrons. The fourth-order valence-electron chi connectivity index (χ4n) is 4.17. The molecule has 0 aliphatic rings. The predicted octanol–water partition coefficient (Wildman–Crippen LogP) is 4.09. The van der Waals surface area contributed by atoms with E-state index in [-0.39, 0.29) is 41.6 Å². The molecule has 0 bridgehead atoms. The molecule has 1 amide bonds. The summed E-state index contributed by atoms with van der Waals surface area (Å²) in [4.78, 5) is 17.0. The molecule has 0 saturated heterocycles. The number of anilines is 1. The number of sulfonamides is 1. The Hall–Kier alpha value is -3.40. The number of oxazole rings is 1. The number of carbonyl (C=O) groups is 1. The van der Waals surface area contributed by atoms with Gasteiger partial charge in [-0.2, -0.15) is 4.98 Å². The van der Waals surface area contributed by atoms with E-state index in [0.717, 1.165) is 39.2 Å². The fourth-order valence-corrected chi connectivity index (χ4v) is 5.71. The molecular weight excluding hydrogens is 681 g/mol. The van der Waals surface area contributed by atoms with Crippen molar-refractivity contribution in [2.45, 2.75) is 43.4 Å². The summed E-state index contributed by atoms with van der Waals surface area (Å²) in [7, 11) is -3.96. The zero-order chi connectivity index (χ0) is 30.3. The first-order valence-electron chi connectivity index (χ1n) is 12.9. The molecule has 2 atom stereocenters. The van der Waals surface area contributed by atoms with Gasteiger partial charge in [-0.25, -0.2) is 21.9 Å². The van der Waals surface area contributed by atoms with Gasteiger partial charge in [-0.05, 0) is 83.5 Å². The molecule has 4 aromatic rings. The predicted molar refractivity (Wildman–Crippen MR) is 161 cm³/mol. The van der Waals surface area contributed by atoms with E-state index in [4.69, 9.17) is 4.42 Å². The van der Waals surface area contributed by atoms with Gasteiger partial charge >= 0.3 is 6.01 Å². The molecule has 1 aromatic heterocycles. The molecule has 4 N–H and O–H groups in total. The Bertz CT molecular complexity index is 1610. The van der Waals surface area contributed by atoms with Crippen molar-refractivity contribution >= 4 is 44.5 Å². The molecule has 9 nitrogen and oxygen atoms in total. The van der Waals surface area contributed by atoms with Crippen molar-refractivity contribution in [3.05, 3.63) is 111 Å². The molecule has 4 rings (SSSR count). The van der Waals surface area contributed by atoms with Gasteiger partial charge in [-0.15, -0.1) is 0 Å². The quantitative estimate of drug-likeness (QED) is 0.154. The largest absolute Gasteiger partial charge is 0.431 e. The molecule has 3 aromatic carbocycles. The van der Waals surface area contributed by atoms with Crippen LogP contribution >= 0.6 is 22.6 Å². The van der Waals surface area contributed by atoms with Crippen LogP contribution in [0.3, 0.4) is 0 Å². The molecule has 0 unspecified atom stereocenters. The zero-order valence-corrected chi connectivity index (χ0v) is 25.5. The lowest BCUT2D eigenvalue weighted by molar-refractivity contribution is -0.122. The van der Waals surface area contributed by atoms with Gasteiger partial charge in [0.2, 0.25) is 5.91 Å². The third-order valence-corrected chi connectivity index (χ3v) is 8.21. The molecule has 222 valence electrons. The number of halogens is 3. The molecule has 0 fully saturated rings. The van der Waals surface area contributed by atoms with Gasteiger partial charge in [0.15, 0.2) is 0 Å². The second-order valence-corrected chi connectivity index (χ2v) is 12.7. The van der Waals surface area contributed by atoms with E-state index in [1.807, 2.05) is 31.2 Å². The summed E-state index contributed by atoms with van der Waals surface area (Å²) in [5, 5.41) is 16.8. The number of hydrogen-bond acceptors (Lipinski definition) is 7. The van der Waals surface area contributed by atoms with Crippen LogP contribution in [-0.4, -0.2) is 43.1 Å². The van der Waals surface area contributed by atoms with Crippen LogP contribution in [0.15, 0.2) is 82.3 Å². The average molecular weight is 711 g/mol. The van der Waals surface area contributed by atoms with Crippen molar-refractivity contribution in [3.8, 4) is 0 Å². The number of benzene rings is 3. The number of rotatable bonds is 13. The molecule has 0 aliphatic heterocycles. The SMILES string of the molecule is Cc1ccc(S(=O)(=O)Nc2nc(CC(=O)N[C@@H](Cc3cc(F)cc(F)c3)[C@H](O)CNCc3cccc(I)c3)co2)cc1. The van der Waals surface area contributed by atoms with Crippen LogP contribution in [0.4, 0.5) is 14.8 Å². The maximum atomic E-state index is 13.8. The summed E-state index contributed by atoms with van der Waals surface area (Å²) in [6.07, 6.45) is -0.320. The lowest BCUT2D eigenvalue weighted by Gasteiger charge is -2.25. The van der Waals surface area contributed by atoms with Gasteiger partial charge in [0.1, 0.15) is 17.9 Å². The molecule has 1 heterocycles. The molecule has 0 aliphatic carbocycles. The van der Waals surface area contributed by atoms with Crippen molar-refractivity contribution in [1.29, 1.82) is 0 Å². The Morgan fingerprint density at radius 2 is 1.76 bits per heavy atom. The maximum Gasteiger partial charge on any atom is 0.309 e. The standard InChI is InChI=1S/C29H29F2IN4O5S/c1-18-5-7-25(8-6-18)42(39,40)36-29-34-24(17-41-29)14-28(38)35-26(12-20-9-21(30)13-22(31)10-20)27(37)16-33-15-19-3-2-4-23(32)11-19/h2-11,13,17,26-27,33,37H,12,14-16H2,1H3,(H,34,36)(H,35,38)/t26-,27+/m0/s1. The van der Waals surface area contributed by atoms with Gasteiger partial charge in [0.05, 0.1) is 29.2 Å². The number of nitrogens with zero attached hydrogens (tertiary/aromatic N) is 1. The highest BCUT2D eigenvalue weighted by Gasteiger charge is 2.24. The second kappa shape index (κ2) is 14.2. The fraction of sp³-hybridized carbons (Fsp3) is 0.241. The van der Waals surface area contributed by atoms with Crippen LogP contribution in [-0.2, 0) is 34.2 Å². The van der Waals surface area contributed by atoms with Crippen LogP contribution in [0.25, 0.3) is 0 Å². The Morgan fingerprint density at radius 3 is 2.45 bits per heavy atom. The van der Waals surface area contributed by atoms with E-state index in [9.17, 15) is 27.1 Å². The van der Waals surface area contributed by atoms with Gasteiger partial charge in [-0.1, -0.05) is 29.8 Å². The van der Waals surface area contributed by atoms with Gasteiger partial charge in [0, 0.05) is 22.7 Å². The molecule has 0 saturated carbocycles. The molecule has 42 heavy (non-hydrogen) atoms. The minimum absolute atomic E-state index is 0.0202. The van der Waals surface area contributed by atoms with Crippen LogP contribution in [0.2, 0.25) is 0 Å². The van der Waals surface area contributed by atoms with E-state index in [1.165, 1.54) is 12.1 Å². The van der Waals surface area contributed by atoms with Crippen molar-refractivity contribution in [2.75, 3.05) is 11.3 Å². The third kappa shape index (κ3) is 9.31. The minimum Gasteiger partial charge on any atom is -0.431 e. The minimum atomic E-state index is -3.96. The average Bonchev–Trinajstić information content (AvgIpc) is 3.33. The first kappa shape index (κ1) is 31.5. The summed E-state index contributed by atoms with van der Waals surface area (Å²) in [6.45, 7) is 2.38. The van der Waals surface area contributed by atoms with Crippen LogP contribution < -0.4 is 15.4 Å². The van der Waals surface area contributed by atoms with Crippen LogP contribution in [0, 0.1) is 22.1 Å². The summed E-state index contributed by atoms with van der Waals surface area (Å²) in [5.74, 6) is -2.11. The number of carbonyl (C=O) groups excluding carboxylic acids is 1. The number of aromatic nitrogens is 1. The molecular formula is C29H29F2IN4O5S. The van der Waals surface area contributed by atoms with Crippen molar-refractivity contribution in [3.63, 3.8) is 0 Å². The number of nitrogens with one attached hydrogen (secondary N) is 3. The van der Waals surface area contributed by atoms with Crippen molar-refractivity contribution in [1.82, 2.24) is 15.6 Å². The number of aliphatic hydroxyl groups is 1. The summed E-state index contributed by atoms with van der Waals surface area (Å²) in [5.41, 5.74) is 2.28. The molecule has 0 spiro atoms. The van der Waals surface area contributed by atoms with Gasteiger partial charge in [0.25, 0.3) is 10.0 Å². The summed E-state index contributed by atoms with van der Waals surface area (Å²) in [6, 6.07) is 15.8. The highest BCUT2D eigenvalue weighted by atomic mass is 127. The Balaban J connectivity index is 1.40. The normalized spacial score (nSPS) is 13.0. The maximum absolute atomic E-state index is 13.8. The van der Waals surface area contributed by atoms with Crippen molar-refractivity contribution in [2.24, 2.45) is 0 Å². The number of amides is 1. The highest BCUT2D eigenvalue weighted by Crippen LogP contribution is 2.17. The van der Waals surface area contributed by atoms with Gasteiger partial charge < -0.3 is 20.2 Å². The Labute approximate surface area is 255 Å². The van der Waals surface area contributed by atoms with E-state index < -0.39 is 39.7 Å². The summed E-state index contributed by atoms with van der Waals surface area (Å²) >= 11 is 2.20. The highest BCUT2D eigenvalue weighted by molar-refractivity contribution is 14.1. The van der Waals surface area contributed by atoms with E-state index >= 15 is 0 Å². The third-order valence-electron chi connectivity index (χ3n) is 6.21. The van der Waals surface area contributed by atoms with Gasteiger partial charge in [-0.3, -0.25) is 4.79 Å². The lowest BCUT2D eigenvalue weighted by Crippen LogP contribution is -2.49. The molecule has 13 heteroatoms. The van der Waals surface area contributed by atoms with E-state index in [1.54, 1.807) is 12.1 Å². The topological polar surface area (TPSA) is 134 Å². The Morgan fingerprint density at radius 1 is 1.05 bits per heavy atom. The summed E-state index contributed by atoms with van der Waals surface area (Å²) < 4.78 is 61.4. The van der Waals surface area contributed by atoms with E-state index in [0.29, 0.717) is 6.54 Å².